The first-order valence-electron chi connectivity index (χ1n) is 7.20. The number of anilines is 2. The Balaban J connectivity index is 1.82. The molecular formula is C15H19ClN4OS2. The lowest BCUT2D eigenvalue weighted by Crippen LogP contribution is -2.14. The van der Waals surface area contributed by atoms with Crippen molar-refractivity contribution in [1.29, 1.82) is 0 Å². The number of benzene rings is 1. The van der Waals surface area contributed by atoms with Gasteiger partial charge in [0.1, 0.15) is 0 Å². The van der Waals surface area contributed by atoms with Crippen LogP contribution >= 0.6 is 34.7 Å². The summed E-state index contributed by atoms with van der Waals surface area (Å²) in [5, 5.41) is 15.5. The molecule has 2 aromatic rings. The van der Waals surface area contributed by atoms with Gasteiger partial charge in [-0.15, -0.1) is 10.2 Å². The van der Waals surface area contributed by atoms with Crippen LogP contribution in [0.15, 0.2) is 22.5 Å². The molecular weight excluding hydrogens is 352 g/mol. The van der Waals surface area contributed by atoms with Crippen molar-refractivity contribution in [3.63, 3.8) is 0 Å². The van der Waals surface area contributed by atoms with E-state index in [9.17, 15) is 4.79 Å². The molecule has 0 saturated carbocycles. The second-order valence-corrected chi connectivity index (χ2v) is 8.08. The maximum absolute atomic E-state index is 12.0. The summed E-state index contributed by atoms with van der Waals surface area (Å²) in [5.41, 5.74) is 1.68. The fourth-order valence-electron chi connectivity index (χ4n) is 1.67. The van der Waals surface area contributed by atoms with Gasteiger partial charge in [-0.2, -0.15) is 0 Å². The van der Waals surface area contributed by atoms with E-state index < -0.39 is 0 Å². The SMILES string of the molecule is Cc1ccc(NC(=O)CSc2nnc(NCC(C)C)s2)c(Cl)c1. The molecule has 0 unspecified atom stereocenters. The number of carbonyl (C=O) groups is 1. The second kappa shape index (κ2) is 8.52. The van der Waals surface area contributed by atoms with Crippen molar-refractivity contribution in [3.8, 4) is 0 Å². The summed E-state index contributed by atoms with van der Waals surface area (Å²) in [4.78, 5) is 12.0. The molecule has 2 rings (SSSR count). The summed E-state index contributed by atoms with van der Waals surface area (Å²) in [6.07, 6.45) is 0. The minimum absolute atomic E-state index is 0.118. The molecule has 1 heterocycles. The number of thioether (sulfide) groups is 1. The maximum atomic E-state index is 12.0. The van der Waals surface area contributed by atoms with Crippen LogP contribution in [0.5, 0.6) is 0 Å². The average molecular weight is 371 g/mol. The topological polar surface area (TPSA) is 66.9 Å². The third kappa shape index (κ3) is 6.01. The lowest BCUT2D eigenvalue weighted by molar-refractivity contribution is -0.113. The molecule has 1 amide bonds. The van der Waals surface area contributed by atoms with Crippen LogP contribution in [-0.2, 0) is 4.79 Å². The Hall–Kier alpha value is -1.31. The molecule has 0 fully saturated rings. The third-order valence-corrected chi connectivity index (χ3v) is 5.12. The quantitative estimate of drug-likeness (QED) is 0.711. The van der Waals surface area contributed by atoms with E-state index in [0.29, 0.717) is 16.6 Å². The number of carbonyl (C=O) groups excluding carboxylic acids is 1. The Kier molecular flexibility index (Phi) is 6.68. The number of aromatic nitrogens is 2. The summed E-state index contributed by atoms with van der Waals surface area (Å²) in [5.74, 6) is 0.691. The zero-order chi connectivity index (χ0) is 16.8. The van der Waals surface area contributed by atoms with Gasteiger partial charge in [-0.3, -0.25) is 4.79 Å². The summed E-state index contributed by atoms with van der Waals surface area (Å²) < 4.78 is 0.765. The molecule has 0 spiro atoms. The molecule has 0 aliphatic rings. The van der Waals surface area contributed by atoms with Crippen LogP contribution in [0.4, 0.5) is 10.8 Å². The van der Waals surface area contributed by atoms with E-state index in [4.69, 9.17) is 11.6 Å². The Bertz CT molecular complexity index is 675. The van der Waals surface area contributed by atoms with E-state index in [1.165, 1.54) is 23.1 Å². The molecule has 0 saturated heterocycles. The third-order valence-electron chi connectivity index (χ3n) is 2.79. The predicted octanol–water partition coefficient (Wildman–Crippen LogP) is 4.30. The standard InChI is InChI=1S/C15H19ClN4OS2/c1-9(2)7-17-14-19-20-15(23-14)22-8-13(21)18-12-5-4-10(3)6-11(12)16/h4-6,9H,7-8H2,1-3H3,(H,17,19)(H,18,21). The second-order valence-electron chi connectivity index (χ2n) is 5.47. The summed E-state index contributed by atoms with van der Waals surface area (Å²) in [6, 6.07) is 5.53. The highest BCUT2D eigenvalue weighted by atomic mass is 35.5. The molecule has 1 aromatic heterocycles. The highest BCUT2D eigenvalue weighted by Gasteiger charge is 2.10. The van der Waals surface area contributed by atoms with E-state index >= 15 is 0 Å². The molecule has 5 nitrogen and oxygen atoms in total. The maximum Gasteiger partial charge on any atom is 0.234 e. The Morgan fingerprint density at radius 3 is 2.87 bits per heavy atom. The van der Waals surface area contributed by atoms with Crippen molar-refractivity contribution < 1.29 is 4.79 Å². The Morgan fingerprint density at radius 2 is 2.17 bits per heavy atom. The average Bonchev–Trinajstić information content (AvgIpc) is 2.94. The van der Waals surface area contributed by atoms with Crippen molar-refractivity contribution in [2.24, 2.45) is 5.92 Å². The Labute approximate surface area is 149 Å². The van der Waals surface area contributed by atoms with Gasteiger partial charge < -0.3 is 10.6 Å². The first kappa shape index (κ1) is 18.0. The van der Waals surface area contributed by atoms with Crippen LogP contribution in [0.2, 0.25) is 5.02 Å². The molecule has 0 aliphatic carbocycles. The summed E-state index contributed by atoms with van der Waals surface area (Å²) in [6.45, 7) is 7.06. The minimum Gasteiger partial charge on any atom is -0.360 e. The molecule has 8 heteroatoms. The Morgan fingerprint density at radius 1 is 1.39 bits per heavy atom. The largest absolute Gasteiger partial charge is 0.360 e. The number of amides is 1. The van der Waals surface area contributed by atoms with Gasteiger partial charge in [0.25, 0.3) is 0 Å². The minimum atomic E-state index is -0.118. The van der Waals surface area contributed by atoms with Gasteiger partial charge in [0, 0.05) is 6.54 Å². The van der Waals surface area contributed by atoms with Crippen LogP contribution in [-0.4, -0.2) is 28.4 Å². The number of nitrogens with zero attached hydrogens (tertiary/aromatic N) is 2. The molecule has 124 valence electrons. The number of nitrogens with one attached hydrogen (secondary N) is 2. The fourth-order valence-corrected chi connectivity index (χ4v) is 3.51. The first-order chi connectivity index (χ1) is 10.9. The fraction of sp³-hybridized carbons (Fsp3) is 0.400. The molecule has 0 bridgehead atoms. The van der Waals surface area contributed by atoms with Crippen molar-refractivity contribution >= 4 is 51.4 Å². The zero-order valence-corrected chi connectivity index (χ0v) is 15.6. The van der Waals surface area contributed by atoms with E-state index in [-0.39, 0.29) is 11.7 Å². The van der Waals surface area contributed by atoms with Crippen LogP contribution < -0.4 is 10.6 Å². The van der Waals surface area contributed by atoms with E-state index in [0.717, 1.165) is 21.6 Å². The zero-order valence-electron chi connectivity index (χ0n) is 13.2. The van der Waals surface area contributed by atoms with Crippen molar-refractivity contribution in [1.82, 2.24) is 10.2 Å². The molecule has 1 aromatic carbocycles. The number of halogens is 1. The molecule has 0 atom stereocenters. The number of aryl methyl sites for hydroxylation is 1. The smallest absolute Gasteiger partial charge is 0.234 e. The molecule has 0 radical (unpaired) electrons. The van der Waals surface area contributed by atoms with Gasteiger partial charge in [0.2, 0.25) is 11.0 Å². The van der Waals surface area contributed by atoms with Gasteiger partial charge >= 0.3 is 0 Å². The first-order valence-corrected chi connectivity index (χ1v) is 9.38. The van der Waals surface area contributed by atoms with Crippen LogP contribution in [0.1, 0.15) is 19.4 Å². The van der Waals surface area contributed by atoms with E-state index in [1.807, 2.05) is 19.1 Å². The lowest BCUT2D eigenvalue weighted by atomic mass is 10.2. The molecule has 23 heavy (non-hydrogen) atoms. The van der Waals surface area contributed by atoms with Gasteiger partial charge in [-0.1, -0.05) is 54.6 Å². The molecule has 2 N–H and O–H groups in total. The van der Waals surface area contributed by atoms with Gasteiger partial charge in [0.15, 0.2) is 4.34 Å². The highest BCUT2D eigenvalue weighted by Crippen LogP contribution is 2.27. The van der Waals surface area contributed by atoms with Crippen LogP contribution in [0, 0.1) is 12.8 Å². The van der Waals surface area contributed by atoms with E-state index in [2.05, 4.69) is 34.7 Å². The normalized spacial score (nSPS) is 10.8. The molecule has 0 aliphatic heterocycles. The number of hydrogen-bond donors (Lipinski definition) is 2. The summed E-state index contributed by atoms with van der Waals surface area (Å²) in [7, 11) is 0. The van der Waals surface area contributed by atoms with Crippen LogP contribution in [0.3, 0.4) is 0 Å². The van der Waals surface area contributed by atoms with Crippen molar-refractivity contribution in [2.45, 2.75) is 25.1 Å². The van der Waals surface area contributed by atoms with Crippen LogP contribution in [0.25, 0.3) is 0 Å². The number of rotatable bonds is 7. The predicted molar refractivity (Wildman–Crippen MR) is 98.8 cm³/mol. The van der Waals surface area contributed by atoms with Gasteiger partial charge in [-0.05, 0) is 30.5 Å². The number of hydrogen-bond acceptors (Lipinski definition) is 6. The summed E-state index contributed by atoms with van der Waals surface area (Å²) >= 11 is 8.92. The van der Waals surface area contributed by atoms with Gasteiger partial charge in [-0.25, -0.2) is 0 Å². The van der Waals surface area contributed by atoms with E-state index in [1.54, 1.807) is 6.07 Å². The van der Waals surface area contributed by atoms with Crippen molar-refractivity contribution in [2.75, 3.05) is 22.9 Å². The van der Waals surface area contributed by atoms with Gasteiger partial charge in [0.05, 0.1) is 16.5 Å². The lowest BCUT2D eigenvalue weighted by Gasteiger charge is -2.07. The highest BCUT2D eigenvalue weighted by molar-refractivity contribution is 8.01. The van der Waals surface area contributed by atoms with Crippen molar-refractivity contribution in [3.05, 3.63) is 28.8 Å². The monoisotopic (exact) mass is 370 g/mol.